The van der Waals surface area contributed by atoms with Crippen molar-refractivity contribution in [3.05, 3.63) is 54.1 Å². The summed E-state index contributed by atoms with van der Waals surface area (Å²) >= 11 is 0. The Hall–Kier alpha value is -3.35. The van der Waals surface area contributed by atoms with Gasteiger partial charge < -0.3 is 15.0 Å². The van der Waals surface area contributed by atoms with Crippen LogP contribution in [0.2, 0.25) is 0 Å². The molecule has 0 radical (unpaired) electrons. The standard InChI is InChI=1S/C27H34N4O3/c1-2-3-4-8-13-21(14-9-17-25(32)28-20-11-6-5-7-12-20)34-24-16-10-15-23-22(24)18-31-19-26(33)30-27(31)29-23/h5-7,10-12,15-16,21H,2-4,8-9,13-14,17-19H2,1H3,(H,28,32)(H,29,30,33). The van der Waals surface area contributed by atoms with Crippen LogP contribution in [0, 0.1) is 0 Å². The molecule has 0 aliphatic carbocycles. The molecule has 2 aliphatic heterocycles. The quantitative estimate of drug-likeness (QED) is 0.428. The van der Waals surface area contributed by atoms with E-state index in [-0.39, 0.29) is 17.9 Å². The molecular weight excluding hydrogens is 428 g/mol. The van der Waals surface area contributed by atoms with Crippen molar-refractivity contribution in [3.63, 3.8) is 0 Å². The van der Waals surface area contributed by atoms with Gasteiger partial charge in [-0.2, -0.15) is 0 Å². The first kappa shape index (κ1) is 23.8. The van der Waals surface area contributed by atoms with Crippen LogP contribution in [0.1, 0.15) is 63.9 Å². The summed E-state index contributed by atoms with van der Waals surface area (Å²) in [6, 6.07) is 15.5. The van der Waals surface area contributed by atoms with Crippen molar-refractivity contribution in [1.29, 1.82) is 0 Å². The van der Waals surface area contributed by atoms with E-state index in [9.17, 15) is 9.59 Å². The minimum absolute atomic E-state index is 0.0288. The molecule has 2 N–H and O–H groups in total. The van der Waals surface area contributed by atoms with E-state index in [4.69, 9.17) is 4.74 Å². The normalized spacial score (nSPS) is 15.1. The first-order valence-electron chi connectivity index (χ1n) is 12.4. The Bertz CT molecular complexity index is 1020. The molecule has 7 nitrogen and oxygen atoms in total. The Morgan fingerprint density at radius 3 is 2.71 bits per heavy atom. The molecule has 2 heterocycles. The molecule has 2 amide bonds. The third-order valence-corrected chi connectivity index (χ3v) is 6.23. The number of unbranched alkanes of at least 4 members (excludes halogenated alkanes) is 3. The molecule has 180 valence electrons. The zero-order valence-electron chi connectivity index (χ0n) is 19.9. The van der Waals surface area contributed by atoms with E-state index in [1.807, 2.05) is 53.4 Å². The van der Waals surface area contributed by atoms with Crippen LogP contribution >= 0.6 is 0 Å². The number of amides is 2. The van der Waals surface area contributed by atoms with Crippen molar-refractivity contribution in [2.75, 3.05) is 11.9 Å². The third-order valence-electron chi connectivity index (χ3n) is 6.23. The van der Waals surface area contributed by atoms with E-state index < -0.39 is 0 Å². The molecule has 0 aromatic heterocycles. The lowest BCUT2D eigenvalue weighted by atomic mass is 10.0. The Morgan fingerprint density at radius 1 is 1.06 bits per heavy atom. The summed E-state index contributed by atoms with van der Waals surface area (Å²) in [7, 11) is 0. The average molecular weight is 463 g/mol. The van der Waals surface area contributed by atoms with Gasteiger partial charge in [0.2, 0.25) is 17.8 Å². The summed E-state index contributed by atoms with van der Waals surface area (Å²) in [4.78, 5) is 30.7. The first-order valence-corrected chi connectivity index (χ1v) is 12.4. The predicted octanol–water partition coefficient (Wildman–Crippen LogP) is 5.15. The largest absolute Gasteiger partial charge is 0.490 e. The number of carbonyl (C=O) groups excluding carboxylic acids is 2. The second-order valence-corrected chi connectivity index (χ2v) is 8.99. The molecule has 4 rings (SSSR count). The van der Waals surface area contributed by atoms with Gasteiger partial charge >= 0.3 is 0 Å². The maximum atomic E-state index is 12.4. The van der Waals surface area contributed by atoms with Gasteiger partial charge in [0, 0.05) is 17.7 Å². The molecule has 1 unspecified atom stereocenters. The summed E-state index contributed by atoms with van der Waals surface area (Å²) in [6.07, 6.45) is 7.75. The molecule has 0 saturated carbocycles. The van der Waals surface area contributed by atoms with Crippen molar-refractivity contribution in [2.45, 2.75) is 70.9 Å². The Labute approximate surface area is 201 Å². The smallest absolute Gasteiger partial charge is 0.246 e. The fourth-order valence-electron chi connectivity index (χ4n) is 4.43. The highest BCUT2D eigenvalue weighted by Gasteiger charge is 2.30. The number of rotatable bonds is 12. The number of ether oxygens (including phenoxy) is 1. The van der Waals surface area contributed by atoms with Gasteiger partial charge in [-0.25, -0.2) is 4.99 Å². The van der Waals surface area contributed by atoms with Gasteiger partial charge in [0.15, 0.2) is 0 Å². The van der Waals surface area contributed by atoms with Crippen molar-refractivity contribution < 1.29 is 14.3 Å². The third kappa shape index (κ3) is 6.37. The van der Waals surface area contributed by atoms with Crippen LogP contribution in [0.4, 0.5) is 11.4 Å². The highest BCUT2D eigenvalue weighted by Crippen LogP contribution is 2.35. The monoisotopic (exact) mass is 462 g/mol. The van der Waals surface area contributed by atoms with E-state index >= 15 is 0 Å². The van der Waals surface area contributed by atoms with Gasteiger partial charge in [-0.05, 0) is 49.9 Å². The zero-order valence-corrected chi connectivity index (χ0v) is 19.9. The van der Waals surface area contributed by atoms with Gasteiger partial charge in [0.25, 0.3) is 0 Å². The molecule has 1 atom stereocenters. The van der Waals surface area contributed by atoms with Gasteiger partial charge in [0.05, 0.1) is 18.3 Å². The summed E-state index contributed by atoms with van der Waals surface area (Å²) in [5, 5.41) is 5.77. The summed E-state index contributed by atoms with van der Waals surface area (Å²) in [6.45, 7) is 3.14. The number of aliphatic imine (C=N–C) groups is 1. The Morgan fingerprint density at radius 2 is 1.88 bits per heavy atom. The highest BCUT2D eigenvalue weighted by atomic mass is 16.5. The number of hydrogen-bond donors (Lipinski definition) is 2. The topological polar surface area (TPSA) is 83.0 Å². The lowest BCUT2D eigenvalue weighted by Crippen LogP contribution is -2.32. The maximum Gasteiger partial charge on any atom is 0.246 e. The number of anilines is 1. The summed E-state index contributed by atoms with van der Waals surface area (Å²) in [5.41, 5.74) is 2.69. The van der Waals surface area contributed by atoms with Crippen molar-refractivity contribution >= 4 is 29.1 Å². The second-order valence-electron chi connectivity index (χ2n) is 8.99. The molecule has 1 fully saturated rings. The van der Waals surface area contributed by atoms with E-state index in [1.54, 1.807) is 0 Å². The highest BCUT2D eigenvalue weighted by molar-refractivity contribution is 6.05. The molecule has 2 aromatic carbocycles. The number of fused-ring (bicyclic) bond motifs is 2. The maximum absolute atomic E-state index is 12.4. The number of carbonyl (C=O) groups is 2. The predicted molar refractivity (Wildman–Crippen MR) is 134 cm³/mol. The van der Waals surface area contributed by atoms with Crippen LogP contribution < -0.4 is 15.4 Å². The van der Waals surface area contributed by atoms with Crippen LogP contribution in [-0.2, 0) is 16.1 Å². The fourth-order valence-corrected chi connectivity index (χ4v) is 4.43. The van der Waals surface area contributed by atoms with E-state index in [0.29, 0.717) is 25.5 Å². The van der Waals surface area contributed by atoms with Crippen molar-refractivity contribution in [1.82, 2.24) is 10.2 Å². The number of nitrogens with zero attached hydrogens (tertiary/aromatic N) is 2. The molecule has 1 saturated heterocycles. The van der Waals surface area contributed by atoms with Gasteiger partial charge in [-0.3, -0.25) is 14.9 Å². The summed E-state index contributed by atoms with van der Waals surface area (Å²) < 4.78 is 6.54. The Balaban J connectivity index is 1.37. The number of benzene rings is 2. The molecular formula is C27H34N4O3. The fraction of sp³-hybridized carbons (Fsp3) is 0.444. The minimum Gasteiger partial charge on any atom is -0.490 e. The van der Waals surface area contributed by atoms with Gasteiger partial charge in [-0.15, -0.1) is 0 Å². The lowest BCUT2D eigenvalue weighted by molar-refractivity contribution is -0.118. The van der Waals surface area contributed by atoms with Gasteiger partial charge in [0.1, 0.15) is 12.3 Å². The molecule has 2 aliphatic rings. The van der Waals surface area contributed by atoms with E-state index in [1.165, 1.54) is 19.3 Å². The second kappa shape index (κ2) is 11.7. The molecule has 0 spiro atoms. The van der Waals surface area contributed by atoms with Gasteiger partial charge in [-0.1, -0.05) is 50.5 Å². The summed E-state index contributed by atoms with van der Waals surface area (Å²) in [5.74, 6) is 1.45. The van der Waals surface area contributed by atoms with Crippen molar-refractivity contribution in [2.24, 2.45) is 4.99 Å². The van der Waals surface area contributed by atoms with E-state index in [2.05, 4.69) is 22.5 Å². The lowest BCUT2D eigenvalue weighted by Gasteiger charge is -2.27. The van der Waals surface area contributed by atoms with Crippen LogP contribution in [-0.4, -0.2) is 35.3 Å². The van der Waals surface area contributed by atoms with Crippen LogP contribution in [0.3, 0.4) is 0 Å². The SMILES string of the molecule is CCCCCCC(CCCC(=O)Nc1ccccc1)Oc1cccc2c1CN1CC(=O)NC1=N2. The molecule has 2 aromatic rings. The minimum atomic E-state index is -0.0309. The number of para-hydroxylation sites is 1. The molecule has 0 bridgehead atoms. The van der Waals surface area contributed by atoms with Crippen LogP contribution in [0.25, 0.3) is 0 Å². The van der Waals surface area contributed by atoms with Crippen LogP contribution in [0.5, 0.6) is 5.75 Å². The number of guanidine groups is 1. The first-order chi connectivity index (χ1) is 16.6. The number of hydrogen-bond acceptors (Lipinski definition) is 5. The Kier molecular flexibility index (Phi) is 8.17. The molecule has 34 heavy (non-hydrogen) atoms. The van der Waals surface area contributed by atoms with Crippen LogP contribution in [0.15, 0.2) is 53.5 Å². The number of nitrogens with one attached hydrogen (secondary N) is 2. The van der Waals surface area contributed by atoms with Crippen molar-refractivity contribution in [3.8, 4) is 5.75 Å². The zero-order chi connectivity index (χ0) is 23.8. The van der Waals surface area contributed by atoms with E-state index in [0.717, 1.165) is 48.4 Å². The average Bonchev–Trinajstić information content (AvgIpc) is 3.20. The molecule has 7 heteroatoms.